The van der Waals surface area contributed by atoms with Crippen LogP contribution >= 0.6 is 11.6 Å². The number of hydrogen-bond acceptors (Lipinski definition) is 2. The average Bonchev–Trinajstić information content (AvgIpc) is 2.40. The number of anilines is 2. The van der Waals surface area contributed by atoms with Crippen molar-refractivity contribution < 1.29 is 4.39 Å². The van der Waals surface area contributed by atoms with E-state index >= 15 is 0 Å². The summed E-state index contributed by atoms with van der Waals surface area (Å²) in [6, 6.07) is 12.9. The lowest BCUT2D eigenvalue weighted by Crippen LogP contribution is -2.08. The van der Waals surface area contributed by atoms with E-state index in [9.17, 15) is 4.39 Å². The normalized spacial score (nSPS) is 10.3. The predicted octanol–water partition coefficient (Wildman–Crippen LogP) is 4.16. The SMILES string of the molecule is CN(C)c1ccc(NCc2ccc(Cl)c(F)c2)cc1. The minimum absolute atomic E-state index is 0.152. The first-order valence-corrected chi connectivity index (χ1v) is 6.39. The van der Waals surface area contributed by atoms with Crippen molar-refractivity contribution in [3.8, 4) is 0 Å². The quantitative estimate of drug-likeness (QED) is 0.903. The van der Waals surface area contributed by atoms with Crippen LogP contribution in [-0.4, -0.2) is 14.1 Å². The van der Waals surface area contributed by atoms with Gasteiger partial charge >= 0.3 is 0 Å². The second-order valence-corrected chi connectivity index (χ2v) is 4.95. The van der Waals surface area contributed by atoms with Crippen LogP contribution in [0.4, 0.5) is 15.8 Å². The third kappa shape index (κ3) is 3.61. The predicted molar refractivity (Wildman–Crippen MR) is 79.5 cm³/mol. The Morgan fingerprint density at radius 3 is 2.37 bits per heavy atom. The molecule has 2 aromatic rings. The molecule has 0 atom stereocenters. The summed E-state index contributed by atoms with van der Waals surface area (Å²) < 4.78 is 13.3. The Hall–Kier alpha value is -1.74. The third-order valence-electron chi connectivity index (χ3n) is 2.86. The number of hydrogen-bond donors (Lipinski definition) is 1. The molecule has 2 aromatic carbocycles. The summed E-state index contributed by atoms with van der Waals surface area (Å²) in [6.07, 6.45) is 0. The Balaban J connectivity index is 2.00. The van der Waals surface area contributed by atoms with Crippen molar-refractivity contribution in [2.45, 2.75) is 6.54 Å². The fraction of sp³-hybridized carbons (Fsp3) is 0.200. The molecule has 2 rings (SSSR count). The molecule has 0 saturated carbocycles. The molecular formula is C15H16ClFN2. The summed E-state index contributed by atoms with van der Waals surface area (Å²) in [5.74, 6) is -0.385. The molecule has 0 fully saturated rings. The molecule has 0 aliphatic carbocycles. The maximum atomic E-state index is 13.3. The molecule has 0 spiro atoms. The van der Waals surface area contributed by atoms with E-state index in [1.54, 1.807) is 6.07 Å². The van der Waals surface area contributed by atoms with Crippen LogP contribution < -0.4 is 10.2 Å². The fourth-order valence-corrected chi connectivity index (χ4v) is 1.85. The van der Waals surface area contributed by atoms with Gasteiger partial charge in [-0.25, -0.2) is 4.39 Å². The van der Waals surface area contributed by atoms with Crippen LogP contribution in [0.25, 0.3) is 0 Å². The first kappa shape index (κ1) is 13.7. The lowest BCUT2D eigenvalue weighted by atomic mass is 10.2. The van der Waals surface area contributed by atoms with Crippen LogP contribution in [0, 0.1) is 5.82 Å². The molecule has 0 saturated heterocycles. The Morgan fingerprint density at radius 1 is 1.11 bits per heavy atom. The summed E-state index contributed by atoms with van der Waals surface area (Å²) in [5.41, 5.74) is 3.00. The van der Waals surface area contributed by atoms with Gasteiger partial charge in [-0.05, 0) is 42.0 Å². The third-order valence-corrected chi connectivity index (χ3v) is 3.17. The van der Waals surface area contributed by atoms with E-state index in [1.807, 2.05) is 49.3 Å². The molecule has 4 heteroatoms. The van der Waals surface area contributed by atoms with Crippen molar-refractivity contribution in [1.29, 1.82) is 0 Å². The highest BCUT2D eigenvalue weighted by molar-refractivity contribution is 6.30. The van der Waals surface area contributed by atoms with Gasteiger partial charge in [0, 0.05) is 32.0 Å². The molecule has 0 aliphatic rings. The largest absolute Gasteiger partial charge is 0.381 e. The van der Waals surface area contributed by atoms with Gasteiger partial charge in [0.25, 0.3) is 0 Å². The monoisotopic (exact) mass is 278 g/mol. The lowest BCUT2D eigenvalue weighted by Gasteiger charge is -2.13. The molecule has 19 heavy (non-hydrogen) atoms. The lowest BCUT2D eigenvalue weighted by molar-refractivity contribution is 0.626. The fourth-order valence-electron chi connectivity index (χ4n) is 1.73. The molecule has 0 heterocycles. The van der Waals surface area contributed by atoms with Crippen molar-refractivity contribution in [2.24, 2.45) is 0 Å². The molecule has 0 amide bonds. The molecule has 2 nitrogen and oxygen atoms in total. The zero-order valence-corrected chi connectivity index (χ0v) is 11.7. The van der Waals surface area contributed by atoms with Gasteiger partial charge < -0.3 is 10.2 Å². The number of nitrogens with one attached hydrogen (secondary N) is 1. The number of rotatable bonds is 4. The van der Waals surface area contributed by atoms with Crippen molar-refractivity contribution in [3.63, 3.8) is 0 Å². The summed E-state index contributed by atoms with van der Waals surface area (Å²) >= 11 is 5.64. The standard InChI is InChI=1S/C15H16ClFN2/c1-19(2)13-6-4-12(5-7-13)18-10-11-3-8-14(16)15(17)9-11/h3-9,18H,10H2,1-2H3. The molecule has 0 unspecified atom stereocenters. The van der Waals surface area contributed by atoms with Crippen molar-refractivity contribution in [3.05, 3.63) is 58.9 Å². The molecule has 100 valence electrons. The van der Waals surface area contributed by atoms with Crippen LogP contribution in [0.1, 0.15) is 5.56 Å². The van der Waals surface area contributed by atoms with Crippen molar-refractivity contribution in [1.82, 2.24) is 0 Å². The van der Waals surface area contributed by atoms with Crippen LogP contribution in [0.5, 0.6) is 0 Å². The highest BCUT2D eigenvalue weighted by atomic mass is 35.5. The second-order valence-electron chi connectivity index (χ2n) is 4.54. The van der Waals surface area contributed by atoms with Crippen LogP contribution in [0.3, 0.4) is 0 Å². The zero-order chi connectivity index (χ0) is 13.8. The van der Waals surface area contributed by atoms with Gasteiger partial charge in [0.05, 0.1) is 5.02 Å². The minimum atomic E-state index is -0.385. The molecule has 0 aromatic heterocycles. The summed E-state index contributed by atoms with van der Waals surface area (Å²) in [5, 5.41) is 3.40. The Kier molecular flexibility index (Phi) is 4.27. The van der Waals surface area contributed by atoms with Gasteiger partial charge in [0.15, 0.2) is 0 Å². The molecular weight excluding hydrogens is 263 g/mol. The number of benzene rings is 2. The molecule has 1 N–H and O–H groups in total. The van der Waals surface area contributed by atoms with Gasteiger partial charge in [-0.3, -0.25) is 0 Å². The topological polar surface area (TPSA) is 15.3 Å². The van der Waals surface area contributed by atoms with E-state index in [0.717, 1.165) is 16.9 Å². The van der Waals surface area contributed by atoms with Gasteiger partial charge in [-0.15, -0.1) is 0 Å². The van der Waals surface area contributed by atoms with E-state index in [1.165, 1.54) is 6.07 Å². The molecule has 0 bridgehead atoms. The van der Waals surface area contributed by atoms with Gasteiger partial charge in [-0.2, -0.15) is 0 Å². The molecule has 0 aliphatic heterocycles. The Bertz CT molecular complexity index is 553. The van der Waals surface area contributed by atoms with Crippen molar-refractivity contribution >= 4 is 23.0 Å². The minimum Gasteiger partial charge on any atom is -0.381 e. The first-order valence-electron chi connectivity index (χ1n) is 6.01. The van der Waals surface area contributed by atoms with E-state index in [0.29, 0.717) is 6.54 Å². The van der Waals surface area contributed by atoms with E-state index in [-0.39, 0.29) is 10.8 Å². The highest BCUT2D eigenvalue weighted by Gasteiger charge is 2.01. The van der Waals surface area contributed by atoms with Gasteiger partial charge in [-0.1, -0.05) is 17.7 Å². The number of halogens is 2. The number of nitrogens with zero attached hydrogens (tertiary/aromatic N) is 1. The van der Waals surface area contributed by atoms with Gasteiger partial charge in [0.1, 0.15) is 5.82 Å². The van der Waals surface area contributed by atoms with Crippen molar-refractivity contribution in [2.75, 3.05) is 24.3 Å². The van der Waals surface area contributed by atoms with E-state index in [4.69, 9.17) is 11.6 Å². The second kappa shape index (κ2) is 5.93. The molecule has 0 radical (unpaired) electrons. The van der Waals surface area contributed by atoms with E-state index < -0.39 is 0 Å². The summed E-state index contributed by atoms with van der Waals surface area (Å²) in [7, 11) is 4.00. The maximum absolute atomic E-state index is 13.3. The maximum Gasteiger partial charge on any atom is 0.142 e. The van der Waals surface area contributed by atoms with Crippen LogP contribution in [-0.2, 0) is 6.54 Å². The van der Waals surface area contributed by atoms with Crippen LogP contribution in [0.15, 0.2) is 42.5 Å². The Labute approximate surface area is 117 Å². The average molecular weight is 279 g/mol. The highest BCUT2D eigenvalue weighted by Crippen LogP contribution is 2.18. The summed E-state index contributed by atoms with van der Waals surface area (Å²) in [6.45, 7) is 0.565. The van der Waals surface area contributed by atoms with Crippen LogP contribution in [0.2, 0.25) is 5.02 Å². The summed E-state index contributed by atoms with van der Waals surface area (Å²) in [4.78, 5) is 2.04. The van der Waals surface area contributed by atoms with Gasteiger partial charge in [0.2, 0.25) is 0 Å². The zero-order valence-electron chi connectivity index (χ0n) is 11.0. The Morgan fingerprint density at radius 2 is 1.79 bits per heavy atom. The first-order chi connectivity index (χ1) is 9.06. The van der Waals surface area contributed by atoms with E-state index in [2.05, 4.69) is 5.32 Å². The smallest absolute Gasteiger partial charge is 0.142 e.